The first-order chi connectivity index (χ1) is 10.2. The summed E-state index contributed by atoms with van der Waals surface area (Å²) in [6.07, 6.45) is 4.78. The van der Waals surface area contributed by atoms with Crippen molar-refractivity contribution in [3.05, 3.63) is 64.7 Å². The van der Waals surface area contributed by atoms with Crippen LogP contribution in [0, 0.1) is 5.82 Å². The summed E-state index contributed by atoms with van der Waals surface area (Å²) < 4.78 is 13.3. The standard InChI is InChI=1S/C16H11FN2OS/c17-11-3-5-14-13(10-11)15(7-8-18-14)19-16(20)6-4-12-2-1-9-21-12/h1-10H,(H,18,19,20)/b6-4+. The molecule has 2 aromatic heterocycles. The molecule has 0 bridgehead atoms. The molecule has 1 aromatic carbocycles. The van der Waals surface area contributed by atoms with Crippen LogP contribution in [0.5, 0.6) is 0 Å². The van der Waals surface area contributed by atoms with Crippen LogP contribution >= 0.6 is 11.3 Å². The van der Waals surface area contributed by atoms with Gasteiger partial charge in [-0.2, -0.15) is 0 Å². The Morgan fingerprint density at radius 3 is 3.00 bits per heavy atom. The number of thiophene rings is 1. The van der Waals surface area contributed by atoms with Gasteiger partial charge in [0.25, 0.3) is 0 Å². The summed E-state index contributed by atoms with van der Waals surface area (Å²) in [7, 11) is 0. The first-order valence-electron chi connectivity index (χ1n) is 6.29. The van der Waals surface area contributed by atoms with E-state index in [1.807, 2.05) is 17.5 Å². The number of carbonyl (C=O) groups excluding carboxylic acids is 1. The van der Waals surface area contributed by atoms with Gasteiger partial charge in [-0.1, -0.05) is 6.07 Å². The number of aromatic nitrogens is 1. The maximum Gasteiger partial charge on any atom is 0.248 e. The van der Waals surface area contributed by atoms with Gasteiger partial charge in [-0.3, -0.25) is 9.78 Å². The minimum absolute atomic E-state index is 0.264. The first kappa shape index (κ1) is 13.5. The molecule has 2 heterocycles. The first-order valence-corrected chi connectivity index (χ1v) is 7.17. The Balaban J connectivity index is 1.84. The monoisotopic (exact) mass is 298 g/mol. The van der Waals surface area contributed by atoms with Gasteiger partial charge in [0, 0.05) is 22.5 Å². The van der Waals surface area contributed by atoms with Gasteiger partial charge >= 0.3 is 0 Å². The zero-order valence-corrected chi connectivity index (χ0v) is 11.7. The number of nitrogens with one attached hydrogen (secondary N) is 1. The molecule has 5 heteroatoms. The van der Waals surface area contributed by atoms with Crippen molar-refractivity contribution in [1.29, 1.82) is 0 Å². The number of carbonyl (C=O) groups is 1. The Labute approximate surface area is 124 Å². The molecule has 0 saturated heterocycles. The van der Waals surface area contributed by atoms with Gasteiger partial charge in [-0.05, 0) is 41.8 Å². The molecule has 0 spiro atoms. The Bertz CT molecular complexity index is 812. The van der Waals surface area contributed by atoms with Gasteiger partial charge in [0.1, 0.15) is 5.82 Å². The van der Waals surface area contributed by atoms with Gasteiger partial charge in [0.15, 0.2) is 0 Å². The number of hydrogen-bond donors (Lipinski definition) is 1. The number of amides is 1. The summed E-state index contributed by atoms with van der Waals surface area (Å²) in [6, 6.07) is 9.78. The molecular formula is C16H11FN2OS. The van der Waals surface area contributed by atoms with E-state index < -0.39 is 0 Å². The lowest BCUT2D eigenvalue weighted by atomic mass is 10.2. The summed E-state index contributed by atoms with van der Waals surface area (Å²) in [5.74, 6) is -0.625. The van der Waals surface area contributed by atoms with Gasteiger partial charge in [-0.25, -0.2) is 4.39 Å². The van der Waals surface area contributed by atoms with E-state index in [0.717, 1.165) is 4.88 Å². The van der Waals surface area contributed by atoms with Crippen molar-refractivity contribution in [2.45, 2.75) is 0 Å². The lowest BCUT2D eigenvalue weighted by Crippen LogP contribution is -2.08. The number of benzene rings is 1. The fourth-order valence-electron chi connectivity index (χ4n) is 1.95. The summed E-state index contributed by atoms with van der Waals surface area (Å²) in [5.41, 5.74) is 1.18. The van der Waals surface area contributed by atoms with Crippen LogP contribution in [0.2, 0.25) is 0 Å². The molecule has 0 fully saturated rings. The molecule has 0 aliphatic rings. The molecular weight excluding hydrogens is 287 g/mol. The normalized spacial score (nSPS) is 11.1. The Morgan fingerprint density at radius 2 is 2.19 bits per heavy atom. The van der Waals surface area contributed by atoms with Crippen molar-refractivity contribution in [3.63, 3.8) is 0 Å². The second-order valence-corrected chi connectivity index (χ2v) is 5.34. The zero-order valence-electron chi connectivity index (χ0n) is 10.9. The van der Waals surface area contributed by atoms with Crippen LogP contribution < -0.4 is 5.32 Å². The van der Waals surface area contributed by atoms with E-state index >= 15 is 0 Å². The SMILES string of the molecule is O=C(/C=C/c1cccs1)Nc1ccnc2ccc(F)cc12. The van der Waals surface area contributed by atoms with Crippen LogP contribution in [0.1, 0.15) is 4.88 Å². The molecule has 0 unspecified atom stereocenters. The predicted molar refractivity (Wildman–Crippen MR) is 83.7 cm³/mol. The quantitative estimate of drug-likeness (QED) is 0.740. The minimum Gasteiger partial charge on any atom is -0.322 e. The van der Waals surface area contributed by atoms with Crippen LogP contribution in [-0.4, -0.2) is 10.9 Å². The third-order valence-corrected chi connectivity index (χ3v) is 3.74. The number of nitrogens with zero attached hydrogens (tertiary/aromatic N) is 1. The van der Waals surface area contributed by atoms with E-state index in [2.05, 4.69) is 10.3 Å². The average molecular weight is 298 g/mol. The van der Waals surface area contributed by atoms with Crippen molar-refractivity contribution in [2.75, 3.05) is 5.32 Å². The third kappa shape index (κ3) is 3.14. The van der Waals surface area contributed by atoms with Gasteiger partial charge in [-0.15, -0.1) is 11.3 Å². The summed E-state index contributed by atoms with van der Waals surface area (Å²) >= 11 is 1.55. The van der Waals surface area contributed by atoms with E-state index in [9.17, 15) is 9.18 Å². The van der Waals surface area contributed by atoms with E-state index in [0.29, 0.717) is 16.6 Å². The van der Waals surface area contributed by atoms with Crippen molar-refractivity contribution in [2.24, 2.45) is 0 Å². The molecule has 1 N–H and O–H groups in total. The smallest absolute Gasteiger partial charge is 0.248 e. The highest BCUT2D eigenvalue weighted by Crippen LogP contribution is 2.22. The maximum atomic E-state index is 13.3. The third-order valence-electron chi connectivity index (χ3n) is 2.90. The number of fused-ring (bicyclic) bond motifs is 1. The predicted octanol–water partition coefficient (Wildman–Crippen LogP) is 4.09. The van der Waals surface area contributed by atoms with Gasteiger partial charge in [0.05, 0.1) is 11.2 Å². The Hall–Kier alpha value is -2.53. The number of pyridine rings is 1. The van der Waals surface area contributed by atoms with Gasteiger partial charge < -0.3 is 5.32 Å². The maximum absolute atomic E-state index is 13.3. The van der Waals surface area contributed by atoms with Crippen molar-refractivity contribution in [1.82, 2.24) is 4.98 Å². The lowest BCUT2D eigenvalue weighted by molar-refractivity contribution is -0.111. The number of hydrogen-bond acceptors (Lipinski definition) is 3. The number of rotatable bonds is 3. The molecule has 0 radical (unpaired) electrons. The lowest BCUT2D eigenvalue weighted by Gasteiger charge is -2.06. The Kier molecular flexibility index (Phi) is 3.75. The average Bonchev–Trinajstić information content (AvgIpc) is 2.99. The van der Waals surface area contributed by atoms with E-state index in [-0.39, 0.29) is 11.7 Å². The largest absolute Gasteiger partial charge is 0.322 e. The Morgan fingerprint density at radius 1 is 1.29 bits per heavy atom. The van der Waals surface area contributed by atoms with E-state index in [4.69, 9.17) is 0 Å². The molecule has 3 rings (SSSR count). The highest BCUT2D eigenvalue weighted by molar-refractivity contribution is 7.10. The topological polar surface area (TPSA) is 42.0 Å². The van der Waals surface area contributed by atoms with E-state index in [1.54, 1.807) is 35.7 Å². The summed E-state index contributed by atoms with van der Waals surface area (Å²) in [4.78, 5) is 17.1. The molecule has 0 atom stereocenters. The summed E-state index contributed by atoms with van der Waals surface area (Å²) in [5, 5.41) is 5.27. The van der Waals surface area contributed by atoms with Crippen LogP contribution in [-0.2, 0) is 4.79 Å². The second-order valence-electron chi connectivity index (χ2n) is 4.36. The molecule has 3 nitrogen and oxygen atoms in total. The highest BCUT2D eigenvalue weighted by Gasteiger charge is 2.05. The van der Waals surface area contributed by atoms with Crippen LogP contribution in [0.3, 0.4) is 0 Å². The number of anilines is 1. The fraction of sp³-hybridized carbons (Fsp3) is 0. The van der Waals surface area contributed by atoms with Gasteiger partial charge in [0.2, 0.25) is 5.91 Å². The molecule has 0 saturated carbocycles. The second kappa shape index (κ2) is 5.85. The highest BCUT2D eigenvalue weighted by atomic mass is 32.1. The molecule has 0 aliphatic carbocycles. The van der Waals surface area contributed by atoms with Crippen LogP contribution in [0.15, 0.2) is 54.1 Å². The molecule has 3 aromatic rings. The molecule has 0 aliphatic heterocycles. The minimum atomic E-state index is -0.361. The molecule has 1 amide bonds. The fourth-order valence-corrected chi connectivity index (χ4v) is 2.56. The molecule has 104 valence electrons. The van der Waals surface area contributed by atoms with Crippen molar-refractivity contribution >= 4 is 39.9 Å². The van der Waals surface area contributed by atoms with Crippen molar-refractivity contribution in [3.8, 4) is 0 Å². The molecule has 21 heavy (non-hydrogen) atoms. The summed E-state index contributed by atoms with van der Waals surface area (Å²) in [6.45, 7) is 0. The zero-order chi connectivity index (χ0) is 14.7. The van der Waals surface area contributed by atoms with Crippen LogP contribution in [0.4, 0.5) is 10.1 Å². The van der Waals surface area contributed by atoms with Crippen molar-refractivity contribution < 1.29 is 9.18 Å². The van der Waals surface area contributed by atoms with Crippen LogP contribution in [0.25, 0.3) is 17.0 Å². The number of halogens is 1. The van der Waals surface area contributed by atoms with E-state index in [1.165, 1.54) is 18.2 Å².